The van der Waals surface area contributed by atoms with Crippen LogP contribution in [0.2, 0.25) is 0 Å². The standard InChI is InChI=1S/C16H18N4O/c1-20-14(11-8-9-11)18-19-16(20)17-15(21)13-7-3-5-10-4-2-6-12(10)13/h3,5,7,11H,2,4,6,8-9H2,1H3,(H,17,19,21). The van der Waals surface area contributed by atoms with Gasteiger partial charge in [0.25, 0.3) is 5.91 Å². The average Bonchev–Trinajstić information content (AvgIpc) is 3.10. The van der Waals surface area contributed by atoms with Crippen molar-refractivity contribution in [1.29, 1.82) is 0 Å². The van der Waals surface area contributed by atoms with Crippen LogP contribution in [0.3, 0.4) is 0 Å². The van der Waals surface area contributed by atoms with Gasteiger partial charge in [0.05, 0.1) is 0 Å². The second kappa shape index (κ2) is 4.69. The van der Waals surface area contributed by atoms with Crippen molar-refractivity contribution < 1.29 is 4.79 Å². The summed E-state index contributed by atoms with van der Waals surface area (Å²) in [6.45, 7) is 0. The molecule has 0 saturated heterocycles. The topological polar surface area (TPSA) is 59.8 Å². The van der Waals surface area contributed by atoms with E-state index in [0.29, 0.717) is 11.9 Å². The van der Waals surface area contributed by atoms with Crippen LogP contribution in [-0.4, -0.2) is 20.7 Å². The summed E-state index contributed by atoms with van der Waals surface area (Å²) in [7, 11) is 1.92. The molecule has 1 N–H and O–H groups in total. The van der Waals surface area contributed by atoms with Crippen LogP contribution in [0.4, 0.5) is 5.95 Å². The highest BCUT2D eigenvalue weighted by molar-refractivity contribution is 6.04. The van der Waals surface area contributed by atoms with E-state index in [1.165, 1.54) is 24.0 Å². The van der Waals surface area contributed by atoms with E-state index >= 15 is 0 Å². The summed E-state index contributed by atoms with van der Waals surface area (Å²) in [5, 5.41) is 11.2. The number of fused-ring (bicyclic) bond motifs is 1. The predicted molar refractivity (Wildman–Crippen MR) is 79.4 cm³/mol. The summed E-state index contributed by atoms with van der Waals surface area (Å²) in [5.74, 6) is 1.96. The van der Waals surface area contributed by atoms with Crippen molar-refractivity contribution in [3.05, 3.63) is 40.7 Å². The minimum absolute atomic E-state index is 0.0772. The zero-order valence-corrected chi connectivity index (χ0v) is 12.1. The Labute approximate surface area is 123 Å². The fourth-order valence-corrected chi connectivity index (χ4v) is 3.15. The van der Waals surface area contributed by atoms with Gasteiger partial charge in [0, 0.05) is 18.5 Å². The zero-order valence-electron chi connectivity index (χ0n) is 12.1. The maximum absolute atomic E-state index is 12.5. The molecule has 1 heterocycles. The van der Waals surface area contributed by atoms with Crippen LogP contribution in [-0.2, 0) is 19.9 Å². The highest BCUT2D eigenvalue weighted by atomic mass is 16.1. The maximum atomic E-state index is 12.5. The summed E-state index contributed by atoms with van der Waals surface area (Å²) >= 11 is 0. The predicted octanol–water partition coefficient (Wildman–Crippen LogP) is 2.43. The van der Waals surface area contributed by atoms with Crippen molar-refractivity contribution in [3.63, 3.8) is 0 Å². The van der Waals surface area contributed by atoms with Crippen molar-refractivity contribution >= 4 is 11.9 Å². The number of rotatable bonds is 3. The molecule has 2 aromatic rings. The average molecular weight is 282 g/mol. The quantitative estimate of drug-likeness (QED) is 0.940. The Morgan fingerprint density at radius 3 is 2.95 bits per heavy atom. The molecule has 2 aliphatic carbocycles. The number of amides is 1. The number of nitrogens with zero attached hydrogens (tertiary/aromatic N) is 3. The van der Waals surface area contributed by atoms with Crippen LogP contribution in [0.5, 0.6) is 0 Å². The molecule has 1 fully saturated rings. The number of aryl methyl sites for hydroxylation is 1. The van der Waals surface area contributed by atoms with Crippen LogP contribution < -0.4 is 5.32 Å². The van der Waals surface area contributed by atoms with Crippen LogP contribution in [0.15, 0.2) is 18.2 Å². The number of hydrogen-bond donors (Lipinski definition) is 1. The lowest BCUT2D eigenvalue weighted by molar-refractivity contribution is 0.102. The lowest BCUT2D eigenvalue weighted by Gasteiger charge is -2.09. The summed E-state index contributed by atoms with van der Waals surface area (Å²) in [6.07, 6.45) is 5.55. The van der Waals surface area contributed by atoms with E-state index in [1.807, 2.05) is 23.7 Å². The van der Waals surface area contributed by atoms with Gasteiger partial charge in [0.2, 0.25) is 5.95 Å². The molecule has 21 heavy (non-hydrogen) atoms. The van der Waals surface area contributed by atoms with Crippen LogP contribution in [0, 0.1) is 0 Å². The Hall–Kier alpha value is -2.17. The van der Waals surface area contributed by atoms with Crippen LogP contribution in [0.1, 0.15) is 52.5 Å². The van der Waals surface area contributed by atoms with Crippen molar-refractivity contribution in [1.82, 2.24) is 14.8 Å². The summed E-state index contributed by atoms with van der Waals surface area (Å²) < 4.78 is 1.90. The van der Waals surface area contributed by atoms with E-state index in [0.717, 1.165) is 30.7 Å². The molecular formula is C16H18N4O. The molecule has 1 saturated carbocycles. The second-order valence-corrected chi connectivity index (χ2v) is 5.97. The van der Waals surface area contributed by atoms with Crippen molar-refractivity contribution in [2.75, 3.05) is 5.32 Å². The molecule has 2 aliphatic rings. The Bertz CT molecular complexity index is 715. The third-order valence-electron chi connectivity index (χ3n) is 4.47. The van der Waals surface area contributed by atoms with Gasteiger partial charge in [-0.2, -0.15) is 0 Å². The molecule has 0 aliphatic heterocycles. The molecule has 0 spiro atoms. The summed E-state index contributed by atoms with van der Waals surface area (Å²) in [6, 6.07) is 5.98. The van der Waals surface area contributed by atoms with E-state index in [9.17, 15) is 4.79 Å². The molecular weight excluding hydrogens is 264 g/mol. The summed E-state index contributed by atoms with van der Waals surface area (Å²) in [5.41, 5.74) is 3.28. The third-order valence-corrected chi connectivity index (χ3v) is 4.47. The van der Waals surface area contributed by atoms with Gasteiger partial charge in [0.1, 0.15) is 5.82 Å². The molecule has 1 aromatic heterocycles. The fraction of sp³-hybridized carbons (Fsp3) is 0.438. The van der Waals surface area contributed by atoms with Crippen LogP contribution >= 0.6 is 0 Å². The van der Waals surface area contributed by atoms with Gasteiger partial charge in [-0.05, 0) is 49.3 Å². The lowest BCUT2D eigenvalue weighted by Crippen LogP contribution is -2.17. The van der Waals surface area contributed by atoms with Crippen molar-refractivity contribution in [2.45, 2.75) is 38.0 Å². The van der Waals surface area contributed by atoms with Gasteiger partial charge in [0.15, 0.2) is 0 Å². The summed E-state index contributed by atoms with van der Waals surface area (Å²) in [4.78, 5) is 12.5. The molecule has 0 unspecified atom stereocenters. The zero-order chi connectivity index (χ0) is 14.4. The fourth-order valence-electron chi connectivity index (χ4n) is 3.15. The molecule has 108 valence electrons. The molecule has 5 heteroatoms. The SMILES string of the molecule is Cn1c(NC(=O)c2cccc3c2CCC3)nnc1C1CC1. The smallest absolute Gasteiger partial charge is 0.258 e. The highest BCUT2D eigenvalue weighted by Crippen LogP contribution is 2.39. The number of carbonyl (C=O) groups excluding carboxylic acids is 1. The van der Waals surface area contributed by atoms with Gasteiger partial charge in [-0.3, -0.25) is 14.7 Å². The van der Waals surface area contributed by atoms with Gasteiger partial charge in [-0.15, -0.1) is 10.2 Å². The van der Waals surface area contributed by atoms with E-state index in [1.54, 1.807) is 0 Å². The largest absolute Gasteiger partial charge is 0.300 e. The number of aromatic nitrogens is 3. The Morgan fingerprint density at radius 1 is 1.29 bits per heavy atom. The lowest BCUT2D eigenvalue weighted by atomic mass is 10.0. The molecule has 0 radical (unpaired) electrons. The number of carbonyl (C=O) groups is 1. The van der Waals surface area contributed by atoms with Crippen molar-refractivity contribution in [2.24, 2.45) is 7.05 Å². The van der Waals surface area contributed by atoms with E-state index in [-0.39, 0.29) is 5.91 Å². The number of hydrogen-bond acceptors (Lipinski definition) is 3. The monoisotopic (exact) mass is 282 g/mol. The van der Waals surface area contributed by atoms with Gasteiger partial charge in [-0.1, -0.05) is 12.1 Å². The first-order valence-corrected chi connectivity index (χ1v) is 7.55. The normalized spacial score (nSPS) is 16.8. The van der Waals surface area contributed by atoms with Gasteiger partial charge < -0.3 is 0 Å². The Kier molecular flexibility index (Phi) is 2.80. The highest BCUT2D eigenvalue weighted by Gasteiger charge is 2.29. The molecule has 1 amide bonds. The van der Waals surface area contributed by atoms with Gasteiger partial charge in [-0.25, -0.2) is 0 Å². The molecule has 0 atom stereocenters. The molecule has 0 bridgehead atoms. The Balaban J connectivity index is 1.60. The minimum atomic E-state index is -0.0772. The van der Waals surface area contributed by atoms with Crippen molar-refractivity contribution in [3.8, 4) is 0 Å². The van der Waals surface area contributed by atoms with Gasteiger partial charge >= 0.3 is 0 Å². The molecule has 5 nitrogen and oxygen atoms in total. The first kappa shape index (κ1) is 12.6. The second-order valence-electron chi connectivity index (χ2n) is 5.97. The number of benzene rings is 1. The maximum Gasteiger partial charge on any atom is 0.258 e. The third kappa shape index (κ3) is 2.13. The van der Waals surface area contributed by atoms with E-state index in [2.05, 4.69) is 21.6 Å². The van der Waals surface area contributed by atoms with E-state index < -0.39 is 0 Å². The number of anilines is 1. The van der Waals surface area contributed by atoms with E-state index in [4.69, 9.17) is 0 Å². The number of nitrogens with one attached hydrogen (secondary N) is 1. The Morgan fingerprint density at radius 2 is 2.14 bits per heavy atom. The molecule has 4 rings (SSSR count). The first-order chi connectivity index (χ1) is 10.2. The molecule has 1 aromatic carbocycles. The minimum Gasteiger partial charge on any atom is -0.300 e. The first-order valence-electron chi connectivity index (χ1n) is 7.55. The van der Waals surface area contributed by atoms with Crippen LogP contribution in [0.25, 0.3) is 0 Å².